The lowest BCUT2D eigenvalue weighted by Crippen LogP contribution is -2.02. The Morgan fingerprint density at radius 1 is 1.22 bits per heavy atom. The van der Waals surface area contributed by atoms with Gasteiger partial charge in [-0.15, -0.1) is 0 Å². The highest BCUT2D eigenvalue weighted by Gasteiger charge is 2.38. The summed E-state index contributed by atoms with van der Waals surface area (Å²) in [6.45, 7) is 0. The van der Waals surface area contributed by atoms with Crippen molar-refractivity contribution in [1.29, 1.82) is 0 Å². The molecule has 2 atom stereocenters. The Hall–Kier alpha value is -1.88. The fourth-order valence-corrected chi connectivity index (χ4v) is 2.89. The highest BCUT2D eigenvalue weighted by Crippen LogP contribution is 2.44. The molecule has 0 radical (unpaired) electrons. The zero-order valence-corrected chi connectivity index (χ0v) is 10.4. The SMILES string of the molecule is O=[N+]([O-])c1ccc(N[C@H]2C[C@@H]2c2ccccc2)s1. The third-order valence-corrected chi connectivity index (χ3v) is 4.09. The quantitative estimate of drug-likeness (QED) is 0.674. The molecule has 1 saturated carbocycles. The van der Waals surface area contributed by atoms with E-state index in [1.807, 2.05) is 18.2 Å². The lowest BCUT2D eigenvalue weighted by atomic mass is 10.1. The van der Waals surface area contributed by atoms with E-state index in [1.165, 1.54) is 16.9 Å². The third-order valence-electron chi connectivity index (χ3n) is 3.12. The van der Waals surface area contributed by atoms with Crippen molar-refractivity contribution in [2.75, 3.05) is 5.32 Å². The lowest BCUT2D eigenvalue weighted by Gasteiger charge is -2.02. The second-order valence-electron chi connectivity index (χ2n) is 4.40. The molecule has 0 saturated heterocycles. The van der Waals surface area contributed by atoms with Gasteiger partial charge >= 0.3 is 5.00 Å². The first-order valence-electron chi connectivity index (χ1n) is 5.80. The average molecular weight is 260 g/mol. The maximum absolute atomic E-state index is 10.6. The van der Waals surface area contributed by atoms with Crippen LogP contribution in [0.5, 0.6) is 0 Å². The van der Waals surface area contributed by atoms with Gasteiger partial charge in [-0.1, -0.05) is 30.3 Å². The van der Waals surface area contributed by atoms with Gasteiger partial charge in [0.1, 0.15) is 0 Å². The number of rotatable bonds is 4. The van der Waals surface area contributed by atoms with Gasteiger partial charge in [-0.05, 0) is 29.4 Å². The Bertz CT molecular complexity index is 567. The van der Waals surface area contributed by atoms with Crippen LogP contribution in [0.25, 0.3) is 0 Å². The Labute approximate surface area is 108 Å². The summed E-state index contributed by atoms with van der Waals surface area (Å²) in [7, 11) is 0. The second-order valence-corrected chi connectivity index (χ2v) is 5.46. The van der Waals surface area contributed by atoms with Crippen molar-refractivity contribution in [3.05, 3.63) is 58.1 Å². The molecule has 1 aromatic heterocycles. The Kier molecular flexibility index (Phi) is 2.76. The van der Waals surface area contributed by atoms with Crippen molar-refractivity contribution < 1.29 is 4.92 Å². The van der Waals surface area contributed by atoms with E-state index in [4.69, 9.17) is 0 Å². The van der Waals surface area contributed by atoms with Crippen LogP contribution in [-0.2, 0) is 0 Å². The normalized spacial score (nSPS) is 21.6. The molecule has 92 valence electrons. The van der Waals surface area contributed by atoms with E-state index in [2.05, 4.69) is 17.4 Å². The fraction of sp³-hybridized carbons (Fsp3) is 0.231. The summed E-state index contributed by atoms with van der Waals surface area (Å²) in [5.41, 5.74) is 1.33. The van der Waals surface area contributed by atoms with E-state index in [-0.39, 0.29) is 9.92 Å². The van der Waals surface area contributed by atoms with Crippen LogP contribution in [0.3, 0.4) is 0 Å². The smallest absolute Gasteiger partial charge is 0.326 e. The molecule has 0 spiro atoms. The van der Waals surface area contributed by atoms with Crippen LogP contribution in [0, 0.1) is 10.1 Å². The van der Waals surface area contributed by atoms with Crippen LogP contribution < -0.4 is 5.32 Å². The summed E-state index contributed by atoms with van der Waals surface area (Å²) in [6.07, 6.45) is 1.09. The van der Waals surface area contributed by atoms with Crippen LogP contribution in [0.2, 0.25) is 0 Å². The summed E-state index contributed by atoms with van der Waals surface area (Å²) in [4.78, 5) is 10.2. The number of thiophene rings is 1. The Morgan fingerprint density at radius 3 is 2.67 bits per heavy atom. The number of nitrogens with one attached hydrogen (secondary N) is 1. The molecule has 0 bridgehead atoms. The molecule has 3 rings (SSSR count). The topological polar surface area (TPSA) is 55.2 Å². The van der Waals surface area contributed by atoms with Gasteiger partial charge in [0.25, 0.3) is 0 Å². The molecule has 1 aromatic carbocycles. The fourth-order valence-electron chi connectivity index (χ4n) is 2.11. The highest BCUT2D eigenvalue weighted by atomic mass is 32.1. The summed E-state index contributed by atoms with van der Waals surface area (Å²) in [5.74, 6) is 0.535. The number of hydrogen-bond acceptors (Lipinski definition) is 4. The van der Waals surface area contributed by atoms with E-state index >= 15 is 0 Å². The average Bonchev–Trinajstić information content (AvgIpc) is 2.97. The van der Waals surface area contributed by atoms with Gasteiger partial charge in [-0.2, -0.15) is 0 Å². The van der Waals surface area contributed by atoms with Crippen LogP contribution in [0.1, 0.15) is 17.9 Å². The molecule has 1 aliphatic rings. The number of benzene rings is 1. The minimum atomic E-state index is -0.350. The monoisotopic (exact) mass is 260 g/mol. The Morgan fingerprint density at radius 2 is 2.00 bits per heavy atom. The van der Waals surface area contributed by atoms with Gasteiger partial charge in [-0.3, -0.25) is 10.1 Å². The van der Waals surface area contributed by atoms with Crippen molar-refractivity contribution in [3.63, 3.8) is 0 Å². The van der Waals surface area contributed by atoms with E-state index < -0.39 is 0 Å². The first-order chi connectivity index (χ1) is 8.74. The molecule has 18 heavy (non-hydrogen) atoms. The minimum absolute atomic E-state index is 0.189. The predicted molar refractivity (Wildman–Crippen MR) is 72.2 cm³/mol. The second kappa shape index (κ2) is 4.42. The van der Waals surface area contributed by atoms with Crippen LogP contribution in [0.4, 0.5) is 10.0 Å². The third kappa shape index (κ3) is 2.22. The number of nitro groups is 1. The zero-order chi connectivity index (χ0) is 12.5. The van der Waals surface area contributed by atoms with Crippen molar-refractivity contribution >= 4 is 21.3 Å². The molecule has 1 N–H and O–H groups in total. The highest BCUT2D eigenvalue weighted by molar-refractivity contribution is 7.19. The molecule has 1 aliphatic carbocycles. The van der Waals surface area contributed by atoms with E-state index in [9.17, 15) is 10.1 Å². The van der Waals surface area contributed by atoms with E-state index in [0.717, 1.165) is 11.4 Å². The van der Waals surface area contributed by atoms with Gasteiger partial charge in [0.15, 0.2) is 0 Å². The molecular weight excluding hydrogens is 248 g/mol. The lowest BCUT2D eigenvalue weighted by molar-refractivity contribution is -0.380. The predicted octanol–water partition coefficient (Wildman–Crippen LogP) is 3.62. The van der Waals surface area contributed by atoms with Crippen LogP contribution >= 0.6 is 11.3 Å². The van der Waals surface area contributed by atoms with Gasteiger partial charge in [0.05, 0.1) is 9.92 Å². The largest absolute Gasteiger partial charge is 0.373 e. The number of anilines is 1. The molecular formula is C13H12N2O2S. The first kappa shape index (κ1) is 11.2. The summed E-state index contributed by atoms with van der Waals surface area (Å²) >= 11 is 1.20. The van der Waals surface area contributed by atoms with Crippen LogP contribution in [0.15, 0.2) is 42.5 Å². The van der Waals surface area contributed by atoms with Gasteiger partial charge in [0, 0.05) is 18.0 Å². The number of hydrogen-bond donors (Lipinski definition) is 1. The van der Waals surface area contributed by atoms with Crippen molar-refractivity contribution in [2.45, 2.75) is 18.4 Å². The van der Waals surface area contributed by atoms with Gasteiger partial charge in [-0.25, -0.2) is 0 Å². The van der Waals surface area contributed by atoms with Crippen LogP contribution in [-0.4, -0.2) is 11.0 Å². The van der Waals surface area contributed by atoms with Gasteiger partial charge < -0.3 is 5.32 Å². The number of nitrogens with zero attached hydrogens (tertiary/aromatic N) is 1. The molecule has 0 unspecified atom stereocenters. The summed E-state index contributed by atoms with van der Waals surface area (Å²) in [6, 6.07) is 14.1. The molecule has 1 fully saturated rings. The maximum Gasteiger partial charge on any atom is 0.326 e. The van der Waals surface area contributed by atoms with Crippen molar-refractivity contribution in [1.82, 2.24) is 0 Å². The Balaban J connectivity index is 1.64. The van der Waals surface area contributed by atoms with E-state index in [1.54, 1.807) is 12.1 Å². The molecule has 0 amide bonds. The molecule has 4 nitrogen and oxygen atoms in total. The van der Waals surface area contributed by atoms with Crippen molar-refractivity contribution in [3.8, 4) is 0 Å². The zero-order valence-electron chi connectivity index (χ0n) is 9.58. The molecule has 5 heteroatoms. The molecule has 0 aliphatic heterocycles. The minimum Gasteiger partial charge on any atom is -0.373 e. The standard InChI is InChI=1S/C13H12N2O2S/c16-15(17)13-7-6-12(18-13)14-11-8-10(11)9-4-2-1-3-5-9/h1-7,10-11,14H,8H2/t10-,11+/m1/s1. The molecule has 2 aromatic rings. The van der Waals surface area contributed by atoms with E-state index in [0.29, 0.717) is 12.0 Å². The maximum atomic E-state index is 10.6. The van der Waals surface area contributed by atoms with Crippen molar-refractivity contribution in [2.24, 2.45) is 0 Å². The summed E-state index contributed by atoms with van der Waals surface area (Å²) in [5, 5.41) is 15.0. The molecule has 1 heterocycles. The summed E-state index contributed by atoms with van der Waals surface area (Å²) < 4.78 is 0. The van der Waals surface area contributed by atoms with Gasteiger partial charge in [0.2, 0.25) is 0 Å². The first-order valence-corrected chi connectivity index (χ1v) is 6.61.